The molecule has 0 spiro atoms. The van der Waals surface area contributed by atoms with E-state index in [1.807, 2.05) is 49.4 Å². The maximum atomic E-state index is 13.3. The van der Waals surface area contributed by atoms with E-state index in [0.29, 0.717) is 16.3 Å². The molecule has 9 nitrogen and oxygen atoms in total. The number of benzene rings is 2. The number of carbonyl (C=O) groups is 4. The number of amides is 2. The average Bonchev–Trinajstić information content (AvgIpc) is 3.00. The van der Waals surface area contributed by atoms with Crippen molar-refractivity contribution in [2.24, 2.45) is 17.8 Å². The van der Waals surface area contributed by atoms with Crippen LogP contribution in [0.4, 0.5) is 0 Å². The zero-order valence-corrected chi connectivity index (χ0v) is 26.5. The lowest BCUT2D eigenvalue weighted by molar-refractivity contribution is -0.177. The largest absolute Gasteiger partial charge is 0.495 e. The molecule has 0 saturated heterocycles. The Hall–Kier alpha value is -4.11. The van der Waals surface area contributed by atoms with Crippen LogP contribution >= 0.6 is 11.6 Å². The van der Waals surface area contributed by atoms with E-state index in [1.54, 1.807) is 45.0 Å². The minimum atomic E-state index is -1.14. The monoisotopic (exact) mass is 624 g/mol. The summed E-state index contributed by atoms with van der Waals surface area (Å²) in [4.78, 5) is 52.5. The number of rotatable bonds is 7. The van der Waals surface area contributed by atoms with Crippen LogP contribution in [0, 0.1) is 17.8 Å². The van der Waals surface area contributed by atoms with E-state index in [0.717, 1.165) is 5.56 Å². The highest BCUT2D eigenvalue weighted by Crippen LogP contribution is 2.26. The van der Waals surface area contributed by atoms with Crippen LogP contribution in [0.25, 0.3) is 6.08 Å². The summed E-state index contributed by atoms with van der Waals surface area (Å²) in [5.41, 5.74) is 1.69. The van der Waals surface area contributed by atoms with E-state index < -0.39 is 47.9 Å². The Kier molecular flexibility index (Phi) is 13.0. The fourth-order valence-corrected chi connectivity index (χ4v) is 4.79. The maximum absolute atomic E-state index is 13.3. The van der Waals surface area contributed by atoms with Gasteiger partial charge in [-0.15, -0.1) is 0 Å². The topological polar surface area (TPSA) is 120 Å². The fraction of sp³-hybridized carbons (Fsp3) is 0.412. The second kappa shape index (κ2) is 16.7. The predicted octanol–water partition coefficient (Wildman–Crippen LogP) is 4.92. The van der Waals surface area contributed by atoms with Crippen molar-refractivity contribution in [3.8, 4) is 5.75 Å². The number of esters is 2. The molecular formula is C34H41ClN2O7. The summed E-state index contributed by atoms with van der Waals surface area (Å²) in [6, 6.07) is 13.9. The molecule has 1 aliphatic rings. The fourth-order valence-electron chi connectivity index (χ4n) is 4.51. The molecule has 2 N–H and O–H groups in total. The minimum absolute atomic E-state index is 0.0625. The summed E-state index contributed by atoms with van der Waals surface area (Å²) in [7, 11) is 1.50. The van der Waals surface area contributed by atoms with Gasteiger partial charge in [-0.3, -0.25) is 14.4 Å². The molecule has 2 aromatic carbocycles. The van der Waals surface area contributed by atoms with Gasteiger partial charge in [0.1, 0.15) is 17.9 Å². The van der Waals surface area contributed by atoms with Gasteiger partial charge in [0.25, 0.3) is 0 Å². The van der Waals surface area contributed by atoms with E-state index >= 15 is 0 Å². The van der Waals surface area contributed by atoms with E-state index in [1.165, 1.54) is 13.2 Å². The first kappa shape index (κ1) is 34.4. The number of hydrogen-bond donors (Lipinski definition) is 2. The second-order valence-electron chi connectivity index (χ2n) is 11.2. The summed E-state index contributed by atoms with van der Waals surface area (Å²) < 4.78 is 16.7. The van der Waals surface area contributed by atoms with Gasteiger partial charge in [-0.1, -0.05) is 93.9 Å². The molecule has 2 aromatic rings. The number of cyclic esters (lactones) is 2. The Labute approximate surface area is 264 Å². The van der Waals surface area contributed by atoms with Crippen LogP contribution in [0.5, 0.6) is 5.75 Å². The number of methoxy groups -OCH3 is 1. The standard InChI is InChI=1S/C34H41ClN2O7/c1-21(2)31-34(41)43-28(22(3)14-15-24-10-7-6-8-11-24)12-9-13-30(38)37-27(32(39)36-20-23(4)33(40)44-31)19-25-16-17-29(42-5)26(35)18-25/h6-11,13-18,21-23,27-28,31H,12,19-20H2,1-5H3,(H,36,39)(H,37,38)/b13-9+,15-14+/t22-,23-,27-,28+,31+/m1/s1. The lowest BCUT2D eigenvalue weighted by Crippen LogP contribution is -2.49. The quantitative estimate of drug-likeness (QED) is 0.420. The zero-order valence-electron chi connectivity index (χ0n) is 25.7. The molecule has 0 bridgehead atoms. The first-order valence-electron chi connectivity index (χ1n) is 14.7. The van der Waals surface area contributed by atoms with Crippen molar-refractivity contribution in [3.63, 3.8) is 0 Å². The van der Waals surface area contributed by atoms with Gasteiger partial charge in [0.05, 0.1) is 18.1 Å². The molecule has 0 fully saturated rings. The molecule has 0 aromatic heterocycles. The zero-order chi connectivity index (χ0) is 32.2. The van der Waals surface area contributed by atoms with Gasteiger partial charge in [-0.25, -0.2) is 4.79 Å². The smallest absolute Gasteiger partial charge is 0.348 e. The molecule has 1 heterocycles. The average molecular weight is 625 g/mol. The lowest BCUT2D eigenvalue weighted by Gasteiger charge is -2.27. The molecule has 236 valence electrons. The molecule has 2 amide bonds. The van der Waals surface area contributed by atoms with Crippen LogP contribution in [0.1, 0.15) is 45.2 Å². The molecule has 0 radical (unpaired) electrons. The Morgan fingerprint density at radius 3 is 2.41 bits per heavy atom. The van der Waals surface area contributed by atoms with Crippen LogP contribution in [0.2, 0.25) is 5.02 Å². The van der Waals surface area contributed by atoms with Crippen molar-refractivity contribution in [3.05, 3.63) is 82.9 Å². The van der Waals surface area contributed by atoms with Gasteiger partial charge >= 0.3 is 11.9 Å². The lowest BCUT2D eigenvalue weighted by atomic mass is 9.99. The Balaban J connectivity index is 1.89. The summed E-state index contributed by atoms with van der Waals surface area (Å²) >= 11 is 6.28. The van der Waals surface area contributed by atoms with Gasteiger partial charge in [0.2, 0.25) is 17.9 Å². The van der Waals surface area contributed by atoms with Gasteiger partial charge in [0.15, 0.2) is 0 Å². The molecule has 0 unspecified atom stereocenters. The first-order valence-corrected chi connectivity index (χ1v) is 15.1. The van der Waals surface area contributed by atoms with Gasteiger partial charge in [0, 0.05) is 31.2 Å². The van der Waals surface area contributed by atoms with Gasteiger partial charge < -0.3 is 24.8 Å². The van der Waals surface area contributed by atoms with E-state index in [2.05, 4.69) is 10.6 Å². The van der Waals surface area contributed by atoms with E-state index in [9.17, 15) is 19.2 Å². The van der Waals surface area contributed by atoms with Crippen LogP contribution in [-0.2, 0) is 35.1 Å². The highest BCUT2D eigenvalue weighted by molar-refractivity contribution is 6.32. The predicted molar refractivity (Wildman–Crippen MR) is 169 cm³/mol. The molecule has 44 heavy (non-hydrogen) atoms. The minimum Gasteiger partial charge on any atom is -0.495 e. The van der Waals surface area contributed by atoms with Crippen molar-refractivity contribution >= 4 is 41.4 Å². The SMILES string of the molecule is COc1ccc(C[C@H]2NC(=O)/C=C/C[C@@H]([C@H](C)/C=C/c3ccccc3)OC(=O)[C@H](C(C)C)OC(=O)[C@H](C)CNC2=O)cc1Cl. The highest BCUT2D eigenvalue weighted by Gasteiger charge is 2.33. The Bertz CT molecular complexity index is 1360. The molecule has 1 aliphatic heterocycles. The van der Waals surface area contributed by atoms with Crippen LogP contribution in [0.15, 0.2) is 66.8 Å². The third kappa shape index (κ3) is 10.3. The molecular weight excluding hydrogens is 584 g/mol. The summed E-state index contributed by atoms with van der Waals surface area (Å²) in [6.07, 6.45) is 5.35. The number of carbonyl (C=O) groups excluding carboxylic acids is 4. The van der Waals surface area contributed by atoms with Crippen molar-refractivity contribution in [2.75, 3.05) is 13.7 Å². The number of halogens is 1. The third-order valence-corrected chi connectivity index (χ3v) is 7.53. The van der Waals surface area contributed by atoms with E-state index in [4.69, 9.17) is 25.8 Å². The van der Waals surface area contributed by atoms with Crippen molar-refractivity contribution in [1.82, 2.24) is 10.6 Å². The van der Waals surface area contributed by atoms with Crippen molar-refractivity contribution in [1.29, 1.82) is 0 Å². The number of nitrogens with one attached hydrogen (secondary N) is 2. The normalized spacial score (nSPS) is 23.8. The van der Waals surface area contributed by atoms with Gasteiger partial charge in [-0.05, 0) is 29.3 Å². The third-order valence-electron chi connectivity index (χ3n) is 7.24. The van der Waals surface area contributed by atoms with Crippen LogP contribution in [-0.4, -0.2) is 55.7 Å². The molecule has 0 aliphatic carbocycles. The number of ether oxygens (including phenoxy) is 3. The van der Waals surface area contributed by atoms with E-state index in [-0.39, 0.29) is 31.2 Å². The van der Waals surface area contributed by atoms with Crippen LogP contribution in [0.3, 0.4) is 0 Å². The molecule has 0 saturated carbocycles. The van der Waals surface area contributed by atoms with Gasteiger partial charge in [-0.2, -0.15) is 0 Å². The molecule has 5 atom stereocenters. The second-order valence-corrected chi connectivity index (χ2v) is 11.6. The number of hydrogen-bond acceptors (Lipinski definition) is 7. The summed E-state index contributed by atoms with van der Waals surface area (Å²) in [5.74, 6) is -3.18. The van der Waals surface area contributed by atoms with Crippen molar-refractivity contribution in [2.45, 2.75) is 58.8 Å². The Morgan fingerprint density at radius 1 is 1.02 bits per heavy atom. The first-order chi connectivity index (χ1) is 21.0. The summed E-state index contributed by atoms with van der Waals surface area (Å²) in [6.45, 7) is 6.96. The maximum Gasteiger partial charge on any atom is 0.348 e. The summed E-state index contributed by atoms with van der Waals surface area (Å²) in [5, 5.41) is 5.83. The van der Waals surface area contributed by atoms with Crippen LogP contribution < -0.4 is 15.4 Å². The van der Waals surface area contributed by atoms with Crippen molar-refractivity contribution < 1.29 is 33.4 Å². The molecule has 10 heteroatoms. The highest BCUT2D eigenvalue weighted by atomic mass is 35.5. The Morgan fingerprint density at radius 2 is 1.75 bits per heavy atom. The molecule has 3 rings (SSSR count).